The van der Waals surface area contributed by atoms with Gasteiger partial charge in [0.2, 0.25) is 0 Å². The first-order valence-corrected chi connectivity index (χ1v) is 44.3. The van der Waals surface area contributed by atoms with E-state index < -0.39 is 97.5 Å². The summed E-state index contributed by atoms with van der Waals surface area (Å²) in [5, 5.41) is 10.6. The zero-order valence-electron chi connectivity index (χ0n) is 63.8. The summed E-state index contributed by atoms with van der Waals surface area (Å²) in [5.41, 5.74) is 0. The summed E-state index contributed by atoms with van der Waals surface area (Å²) in [6.45, 7) is 5.01. The highest BCUT2D eigenvalue weighted by atomic mass is 31.2. The molecular weight excluding hydrogens is 1280 g/mol. The molecule has 0 aliphatic heterocycles. The molecule has 582 valence electrons. The number of phosphoric acid groups is 2. The van der Waals surface area contributed by atoms with Crippen molar-refractivity contribution >= 4 is 39.5 Å². The zero-order valence-corrected chi connectivity index (χ0v) is 65.6. The SMILES string of the molecule is CCCCCCCCCCCCCCCCCCCCCCCC(=O)O[C@H](COC(=O)CCCCCCCCCCCCCCC)COP(=O)(O)OC[C@@H](O)COP(=O)(O)OC[C@@H](COC(=O)CCCCCCCCCCCCC)OC(=O)CCCCCCCCCCCCCCC. The van der Waals surface area contributed by atoms with Crippen LogP contribution in [0.1, 0.15) is 426 Å². The van der Waals surface area contributed by atoms with Gasteiger partial charge in [0.05, 0.1) is 26.4 Å². The molecule has 0 radical (unpaired) electrons. The molecule has 0 saturated heterocycles. The second-order valence-corrected chi connectivity index (χ2v) is 31.4. The number of esters is 4. The Labute approximate surface area is 600 Å². The first kappa shape index (κ1) is 96.1. The van der Waals surface area contributed by atoms with Gasteiger partial charge < -0.3 is 33.8 Å². The van der Waals surface area contributed by atoms with E-state index in [0.29, 0.717) is 25.7 Å². The van der Waals surface area contributed by atoms with Gasteiger partial charge in [-0.3, -0.25) is 37.3 Å². The lowest BCUT2D eigenvalue weighted by Crippen LogP contribution is -2.30. The molecule has 0 aromatic heterocycles. The monoisotopic (exact) mass is 1440 g/mol. The third kappa shape index (κ3) is 72.4. The molecule has 0 rings (SSSR count). The van der Waals surface area contributed by atoms with Crippen molar-refractivity contribution in [2.75, 3.05) is 39.6 Å². The molecule has 0 aliphatic rings. The number of phosphoric ester groups is 2. The van der Waals surface area contributed by atoms with Crippen LogP contribution in [-0.4, -0.2) is 96.7 Å². The number of hydrogen-bond donors (Lipinski definition) is 3. The van der Waals surface area contributed by atoms with Gasteiger partial charge in [-0.05, 0) is 25.7 Å². The number of rotatable bonds is 80. The summed E-state index contributed by atoms with van der Waals surface area (Å²) < 4.78 is 68.6. The second kappa shape index (κ2) is 73.4. The Morgan fingerprint density at radius 2 is 0.408 bits per heavy atom. The average molecular weight is 1440 g/mol. The molecule has 2 unspecified atom stereocenters. The number of unbranched alkanes of at least 4 members (excludes halogenated alkanes) is 54. The fourth-order valence-corrected chi connectivity index (χ4v) is 13.9. The first-order chi connectivity index (χ1) is 47.7. The fourth-order valence-electron chi connectivity index (χ4n) is 12.3. The summed E-state index contributed by atoms with van der Waals surface area (Å²) in [5.74, 6) is -2.11. The van der Waals surface area contributed by atoms with Gasteiger partial charge in [0, 0.05) is 25.7 Å². The molecule has 0 aliphatic carbocycles. The van der Waals surface area contributed by atoms with Crippen LogP contribution in [0.4, 0.5) is 0 Å². The van der Waals surface area contributed by atoms with Gasteiger partial charge in [0.1, 0.15) is 19.3 Å². The van der Waals surface area contributed by atoms with E-state index in [0.717, 1.165) is 89.9 Å². The van der Waals surface area contributed by atoms with E-state index in [9.17, 15) is 43.2 Å². The molecule has 17 nitrogen and oxygen atoms in total. The predicted molar refractivity (Wildman–Crippen MR) is 400 cm³/mol. The van der Waals surface area contributed by atoms with Crippen molar-refractivity contribution < 1.29 is 80.2 Å². The number of aliphatic hydroxyl groups is 1. The predicted octanol–water partition coefficient (Wildman–Crippen LogP) is 23.8. The molecular formula is C79H154O17P2. The maximum atomic E-state index is 13.1. The van der Waals surface area contributed by atoms with Crippen LogP contribution in [0.25, 0.3) is 0 Å². The molecule has 0 bridgehead atoms. The highest BCUT2D eigenvalue weighted by molar-refractivity contribution is 7.47. The van der Waals surface area contributed by atoms with Crippen LogP contribution >= 0.6 is 15.6 Å². The standard InChI is InChI=1S/C79H154O17P2/c1-5-9-13-17-21-25-29-32-33-34-35-36-37-38-39-42-46-50-54-58-62-66-79(84)96-75(70-90-77(82)64-60-56-52-48-44-40-30-26-22-18-14-10-6-2)72-94-98(87,88)92-68-73(80)67-91-97(85,86)93-71-74(69-89-76(81)63-59-55-51-47-43-28-24-20-16-12-8-4)95-78(83)65-61-57-53-49-45-41-31-27-23-19-15-11-7-3/h73-75,80H,5-72H2,1-4H3,(H,85,86)(H,87,88)/t73-,74+,75+/m0/s1. The number of carbonyl (C=O) groups excluding carboxylic acids is 4. The molecule has 19 heteroatoms. The highest BCUT2D eigenvalue weighted by Gasteiger charge is 2.30. The lowest BCUT2D eigenvalue weighted by Gasteiger charge is -2.21. The highest BCUT2D eigenvalue weighted by Crippen LogP contribution is 2.45. The van der Waals surface area contributed by atoms with Crippen LogP contribution in [0.5, 0.6) is 0 Å². The van der Waals surface area contributed by atoms with Crippen LogP contribution in [0.3, 0.4) is 0 Å². The van der Waals surface area contributed by atoms with Crippen LogP contribution < -0.4 is 0 Å². The Bertz CT molecular complexity index is 1860. The van der Waals surface area contributed by atoms with Gasteiger partial charge in [-0.1, -0.05) is 374 Å². The van der Waals surface area contributed by atoms with Crippen molar-refractivity contribution in [3.63, 3.8) is 0 Å². The molecule has 98 heavy (non-hydrogen) atoms. The number of carbonyl (C=O) groups is 4. The van der Waals surface area contributed by atoms with Crippen molar-refractivity contribution in [1.29, 1.82) is 0 Å². The number of hydrogen-bond acceptors (Lipinski definition) is 15. The third-order valence-electron chi connectivity index (χ3n) is 18.6. The van der Waals surface area contributed by atoms with Gasteiger partial charge in [-0.25, -0.2) is 9.13 Å². The molecule has 5 atom stereocenters. The first-order valence-electron chi connectivity index (χ1n) is 41.3. The normalized spacial score (nSPS) is 13.8. The summed E-state index contributed by atoms with van der Waals surface area (Å²) in [4.78, 5) is 72.9. The van der Waals surface area contributed by atoms with E-state index in [1.807, 2.05) is 0 Å². The minimum atomic E-state index is -4.96. The van der Waals surface area contributed by atoms with E-state index in [2.05, 4.69) is 27.7 Å². The lowest BCUT2D eigenvalue weighted by molar-refractivity contribution is -0.161. The van der Waals surface area contributed by atoms with Gasteiger partial charge in [0.25, 0.3) is 0 Å². The fraction of sp³-hybridized carbons (Fsp3) is 0.949. The van der Waals surface area contributed by atoms with Crippen molar-refractivity contribution in [2.45, 2.75) is 444 Å². The summed E-state index contributed by atoms with van der Waals surface area (Å²) >= 11 is 0. The minimum Gasteiger partial charge on any atom is -0.462 e. The Kier molecular flexibility index (Phi) is 71.9. The molecule has 0 aromatic carbocycles. The quantitative estimate of drug-likeness (QED) is 0.0222. The summed E-state index contributed by atoms with van der Waals surface area (Å²) in [6.07, 6.45) is 65.1. The van der Waals surface area contributed by atoms with E-state index in [-0.39, 0.29) is 25.7 Å². The van der Waals surface area contributed by atoms with Crippen molar-refractivity contribution in [1.82, 2.24) is 0 Å². The Morgan fingerprint density at radius 1 is 0.245 bits per heavy atom. The number of aliphatic hydroxyl groups excluding tert-OH is 1. The lowest BCUT2D eigenvalue weighted by atomic mass is 10.0. The van der Waals surface area contributed by atoms with Crippen LogP contribution in [0, 0.1) is 0 Å². The van der Waals surface area contributed by atoms with Crippen LogP contribution in [0.2, 0.25) is 0 Å². The van der Waals surface area contributed by atoms with Gasteiger partial charge in [0.15, 0.2) is 12.2 Å². The van der Waals surface area contributed by atoms with Crippen molar-refractivity contribution in [3.8, 4) is 0 Å². The maximum Gasteiger partial charge on any atom is 0.472 e. The van der Waals surface area contributed by atoms with Gasteiger partial charge in [-0.15, -0.1) is 0 Å². The molecule has 0 fully saturated rings. The minimum absolute atomic E-state index is 0.109. The van der Waals surface area contributed by atoms with Gasteiger partial charge in [-0.2, -0.15) is 0 Å². The van der Waals surface area contributed by atoms with E-state index in [4.69, 9.17) is 37.0 Å². The van der Waals surface area contributed by atoms with Crippen LogP contribution in [-0.2, 0) is 65.4 Å². The molecule has 0 saturated carbocycles. The van der Waals surface area contributed by atoms with Crippen molar-refractivity contribution in [3.05, 3.63) is 0 Å². The zero-order chi connectivity index (χ0) is 71.8. The van der Waals surface area contributed by atoms with Gasteiger partial charge >= 0.3 is 39.5 Å². The second-order valence-electron chi connectivity index (χ2n) is 28.5. The topological polar surface area (TPSA) is 237 Å². The van der Waals surface area contributed by atoms with Crippen molar-refractivity contribution in [2.24, 2.45) is 0 Å². The summed E-state index contributed by atoms with van der Waals surface area (Å²) in [7, 11) is -9.91. The Hall–Kier alpha value is -1.94. The largest absolute Gasteiger partial charge is 0.472 e. The molecule has 0 heterocycles. The van der Waals surface area contributed by atoms with E-state index >= 15 is 0 Å². The Balaban J connectivity index is 5.20. The molecule has 0 spiro atoms. The van der Waals surface area contributed by atoms with Crippen LogP contribution in [0.15, 0.2) is 0 Å². The molecule has 0 amide bonds. The Morgan fingerprint density at radius 3 is 0.602 bits per heavy atom. The summed E-state index contributed by atoms with van der Waals surface area (Å²) in [6, 6.07) is 0. The third-order valence-corrected chi connectivity index (χ3v) is 20.5. The average Bonchev–Trinajstić information content (AvgIpc) is 0.980. The molecule has 0 aromatic rings. The molecule has 3 N–H and O–H groups in total. The smallest absolute Gasteiger partial charge is 0.462 e. The maximum absolute atomic E-state index is 13.1. The number of ether oxygens (including phenoxy) is 4. The van der Waals surface area contributed by atoms with E-state index in [1.54, 1.807) is 0 Å². The van der Waals surface area contributed by atoms with E-state index in [1.165, 1.54) is 257 Å².